The Morgan fingerprint density at radius 2 is 2.43 bits per heavy atom. The lowest BCUT2D eigenvalue weighted by Gasteiger charge is -2.30. The highest BCUT2D eigenvalue weighted by Gasteiger charge is 2.36. The first-order valence-electron chi connectivity index (χ1n) is 5.22. The van der Waals surface area contributed by atoms with Crippen molar-refractivity contribution in [3.63, 3.8) is 0 Å². The molecule has 0 aliphatic heterocycles. The van der Waals surface area contributed by atoms with Crippen LogP contribution in [0.5, 0.6) is 0 Å². The van der Waals surface area contributed by atoms with Crippen LogP contribution in [0, 0.1) is 5.92 Å². The third kappa shape index (κ3) is 1.98. The molecular weight excluding hydrogens is 178 g/mol. The van der Waals surface area contributed by atoms with Crippen LogP contribution in [0.1, 0.15) is 39.5 Å². The number of hydrogen-bond acceptors (Lipinski definition) is 2. The second-order valence-electron chi connectivity index (χ2n) is 4.24. The summed E-state index contributed by atoms with van der Waals surface area (Å²) in [5.74, 6) is -0.241. The molecule has 0 aromatic rings. The van der Waals surface area contributed by atoms with E-state index < -0.39 is 11.5 Å². The van der Waals surface area contributed by atoms with Crippen molar-refractivity contribution in [3.05, 3.63) is 11.6 Å². The van der Waals surface area contributed by atoms with E-state index in [1.807, 2.05) is 13.0 Å². The van der Waals surface area contributed by atoms with Crippen LogP contribution in [0.2, 0.25) is 0 Å². The monoisotopic (exact) mass is 197 g/mol. The van der Waals surface area contributed by atoms with Crippen LogP contribution in [0.15, 0.2) is 11.6 Å². The molecule has 0 amide bonds. The predicted octanol–water partition coefficient (Wildman–Crippen LogP) is 1.92. The normalized spacial score (nSPS) is 26.5. The Morgan fingerprint density at radius 1 is 1.79 bits per heavy atom. The summed E-state index contributed by atoms with van der Waals surface area (Å²) >= 11 is 0. The van der Waals surface area contributed by atoms with E-state index in [1.54, 1.807) is 0 Å². The van der Waals surface area contributed by atoms with E-state index in [0.29, 0.717) is 12.3 Å². The number of carbonyl (C=O) groups is 1. The molecule has 1 rings (SSSR count). The van der Waals surface area contributed by atoms with Crippen LogP contribution >= 0.6 is 0 Å². The molecule has 1 aliphatic rings. The molecule has 3 heteroatoms. The second kappa shape index (κ2) is 4.13. The van der Waals surface area contributed by atoms with E-state index in [1.165, 1.54) is 0 Å². The molecule has 0 heterocycles. The Morgan fingerprint density at radius 3 is 2.79 bits per heavy atom. The zero-order valence-electron chi connectivity index (χ0n) is 8.92. The molecule has 2 atom stereocenters. The lowest BCUT2D eigenvalue weighted by molar-refractivity contribution is -0.142. The summed E-state index contributed by atoms with van der Waals surface area (Å²) in [6.45, 7) is 4.01. The number of carboxylic acids is 1. The van der Waals surface area contributed by atoms with Crippen LogP contribution in [-0.4, -0.2) is 16.6 Å². The highest BCUT2D eigenvalue weighted by Crippen LogP contribution is 2.30. The van der Waals surface area contributed by atoms with Gasteiger partial charge in [0.1, 0.15) is 5.54 Å². The van der Waals surface area contributed by atoms with Gasteiger partial charge in [0.15, 0.2) is 0 Å². The maximum absolute atomic E-state index is 11.1. The van der Waals surface area contributed by atoms with Gasteiger partial charge in [-0.1, -0.05) is 19.9 Å². The molecule has 3 N–H and O–H groups in total. The van der Waals surface area contributed by atoms with Gasteiger partial charge in [-0.15, -0.1) is 0 Å². The first-order chi connectivity index (χ1) is 6.50. The van der Waals surface area contributed by atoms with Crippen LogP contribution in [-0.2, 0) is 4.79 Å². The van der Waals surface area contributed by atoms with E-state index in [0.717, 1.165) is 24.8 Å². The molecule has 0 fully saturated rings. The number of hydrogen-bond donors (Lipinski definition) is 2. The van der Waals surface area contributed by atoms with Gasteiger partial charge in [-0.05, 0) is 37.2 Å². The minimum absolute atomic E-state index is 0.461. The van der Waals surface area contributed by atoms with Gasteiger partial charge in [0, 0.05) is 0 Å². The van der Waals surface area contributed by atoms with Crippen molar-refractivity contribution >= 4 is 5.97 Å². The minimum atomic E-state index is -1.12. The second-order valence-corrected chi connectivity index (χ2v) is 4.24. The lowest BCUT2D eigenvalue weighted by atomic mass is 9.79. The Labute approximate surface area is 85.0 Å². The molecule has 0 spiro atoms. The van der Waals surface area contributed by atoms with Gasteiger partial charge in [-0.2, -0.15) is 0 Å². The summed E-state index contributed by atoms with van der Waals surface area (Å²) in [6, 6.07) is 0. The fourth-order valence-corrected chi connectivity index (χ4v) is 1.89. The van der Waals surface area contributed by atoms with Gasteiger partial charge >= 0.3 is 5.97 Å². The van der Waals surface area contributed by atoms with E-state index in [4.69, 9.17) is 10.8 Å². The number of aliphatic carboxylic acids is 1. The van der Waals surface area contributed by atoms with Crippen molar-refractivity contribution in [2.24, 2.45) is 11.7 Å². The summed E-state index contributed by atoms with van der Waals surface area (Å²) in [5.41, 5.74) is 5.68. The minimum Gasteiger partial charge on any atom is -0.480 e. The zero-order valence-corrected chi connectivity index (χ0v) is 8.92. The van der Waals surface area contributed by atoms with E-state index >= 15 is 0 Å². The average Bonchev–Trinajstić information content (AvgIpc) is 2.17. The van der Waals surface area contributed by atoms with Gasteiger partial charge in [0.05, 0.1) is 0 Å². The predicted molar refractivity (Wildman–Crippen MR) is 55.9 cm³/mol. The molecule has 0 saturated heterocycles. The molecule has 0 aromatic carbocycles. The lowest BCUT2D eigenvalue weighted by Crippen LogP contribution is -2.49. The Kier molecular flexibility index (Phi) is 3.32. The largest absolute Gasteiger partial charge is 0.480 e. The Bertz CT molecular complexity index is 260. The SMILES string of the molecule is CCC(N)(C(=O)O)C1=CCC(C)CC1. The molecular formula is C11H19NO2. The molecule has 0 aromatic heterocycles. The first-order valence-corrected chi connectivity index (χ1v) is 5.22. The molecule has 2 unspecified atom stereocenters. The molecule has 1 aliphatic carbocycles. The van der Waals surface area contributed by atoms with Crippen LogP contribution in [0.3, 0.4) is 0 Å². The Balaban J connectivity index is 2.85. The van der Waals surface area contributed by atoms with Crippen molar-refractivity contribution in [2.45, 2.75) is 45.1 Å². The van der Waals surface area contributed by atoms with Crippen molar-refractivity contribution in [1.82, 2.24) is 0 Å². The van der Waals surface area contributed by atoms with E-state index in [-0.39, 0.29) is 0 Å². The van der Waals surface area contributed by atoms with Gasteiger partial charge in [-0.25, -0.2) is 4.79 Å². The van der Waals surface area contributed by atoms with Crippen molar-refractivity contribution < 1.29 is 9.90 Å². The summed E-state index contributed by atoms with van der Waals surface area (Å²) in [5, 5.41) is 9.08. The quantitative estimate of drug-likeness (QED) is 0.679. The van der Waals surface area contributed by atoms with Crippen LogP contribution in [0.25, 0.3) is 0 Å². The van der Waals surface area contributed by atoms with E-state index in [9.17, 15) is 4.79 Å². The standard InChI is InChI=1S/C11H19NO2/c1-3-11(12,10(13)14)9-6-4-8(2)5-7-9/h6,8H,3-5,7,12H2,1-2H3,(H,13,14). The number of rotatable bonds is 3. The number of carboxylic acid groups (broad SMARTS) is 1. The fourth-order valence-electron chi connectivity index (χ4n) is 1.89. The molecule has 80 valence electrons. The van der Waals surface area contributed by atoms with Crippen LogP contribution in [0.4, 0.5) is 0 Å². The first kappa shape index (κ1) is 11.2. The third-order valence-corrected chi connectivity index (χ3v) is 3.19. The maximum atomic E-state index is 11.1. The van der Waals surface area contributed by atoms with Gasteiger partial charge in [0.25, 0.3) is 0 Å². The number of allylic oxidation sites excluding steroid dienone is 1. The summed E-state index contributed by atoms with van der Waals surface area (Å²) in [7, 11) is 0. The highest BCUT2D eigenvalue weighted by atomic mass is 16.4. The highest BCUT2D eigenvalue weighted by molar-refractivity contribution is 5.82. The summed E-state index contributed by atoms with van der Waals surface area (Å²) in [4.78, 5) is 11.1. The maximum Gasteiger partial charge on any atom is 0.327 e. The van der Waals surface area contributed by atoms with Crippen LogP contribution < -0.4 is 5.73 Å². The summed E-state index contributed by atoms with van der Waals surface area (Å²) in [6.07, 6.45) is 5.33. The molecule has 14 heavy (non-hydrogen) atoms. The Hall–Kier alpha value is -0.830. The topological polar surface area (TPSA) is 63.3 Å². The van der Waals surface area contributed by atoms with E-state index in [2.05, 4.69) is 6.92 Å². The third-order valence-electron chi connectivity index (χ3n) is 3.19. The molecule has 0 bridgehead atoms. The van der Waals surface area contributed by atoms with Gasteiger partial charge in [0.2, 0.25) is 0 Å². The fraction of sp³-hybridized carbons (Fsp3) is 0.727. The average molecular weight is 197 g/mol. The summed E-state index contributed by atoms with van der Waals surface area (Å²) < 4.78 is 0. The number of nitrogens with two attached hydrogens (primary N) is 1. The van der Waals surface area contributed by atoms with Crippen molar-refractivity contribution in [1.29, 1.82) is 0 Å². The van der Waals surface area contributed by atoms with Gasteiger partial charge < -0.3 is 10.8 Å². The smallest absolute Gasteiger partial charge is 0.327 e. The molecule has 0 saturated carbocycles. The molecule has 0 radical (unpaired) electrons. The van der Waals surface area contributed by atoms with Gasteiger partial charge in [-0.3, -0.25) is 0 Å². The van der Waals surface area contributed by atoms with Crippen molar-refractivity contribution in [2.75, 3.05) is 0 Å². The zero-order chi connectivity index (χ0) is 10.8. The van der Waals surface area contributed by atoms with Crippen molar-refractivity contribution in [3.8, 4) is 0 Å². The molecule has 3 nitrogen and oxygen atoms in total.